The summed E-state index contributed by atoms with van der Waals surface area (Å²) in [4.78, 5) is 37.7. The Hall–Kier alpha value is -2.70. The number of hydrogen-bond donors (Lipinski definition) is 2. The van der Waals surface area contributed by atoms with Gasteiger partial charge in [-0.25, -0.2) is 4.68 Å². The molecule has 1 aromatic heterocycles. The standard InChI is InChI=1S/C20H26N4O3/c1-3-21-19(27)20(11-7-4-8-12-20)22-17(25)13-16-14-9-5-6-10-15(14)18(26)24(2)23-16/h5-6,9-10H,3-4,7-8,11-13H2,1-2H3,(H,21,27)(H,22,25). The summed E-state index contributed by atoms with van der Waals surface area (Å²) >= 11 is 0. The lowest BCUT2D eigenvalue weighted by Crippen LogP contribution is -2.60. The minimum absolute atomic E-state index is 0.0236. The molecule has 27 heavy (non-hydrogen) atoms. The van der Waals surface area contributed by atoms with E-state index in [4.69, 9.17) is 0 Å². The summed E-state index contributed by atoms with van der Waals surface area (Å²) in [5.74, 6) is -0.365. The van der Waals surface area contributed by atoms with Gasteiger partial charge in [0, 0.05) is 19.0 Å². The number of benzene rings is 1. The molecule has 7 heteroatoms. The van der Waals surface area contributed by atoms with Gasteiger partial charge in [-0.2, -0.15) is 5.10 Å². The molecular weight excluding hydrogens is 344 g/mol. The maximum absolute atomic E-state index is 12.8. The van der Waals surface area contributed by atoms with Crippen molar-refractivity contribution < 1.29 is 9.59 Å². The first-order valence-corrected chi connectivity index (χ1v) is 9.51. The molecule has 0 aliphatic heterocycles. The van der Waals surface area contributed by atoms with Gasteiger partial charge < -0.3 is 10.6 Å². The summed E-state index contributed by atoms with van der Waals surface area (Å²) in [5.41, 5.74) is -0.505. The number of carbonyl (C=O) groups excluding carboxylic acids is 2. The van der Waals surface area contributed by atoms with E-state index in [1.165, 1.54) is 4.68 Å². The third kappa shape index (κ3) is 3.86. The number of nitrogens with zero attached hydrogens (tertiary/aromatic N) is 2. The van der Waals surface area contributed by atoms with Gasteiger partial charge in [-0.05, 0) is 25.8 Å². The van der Waals surface area contributed by atoms with Crippen LogP contribution in [-0.2, 0) is 23.1 Å². The number of aryl methyl sites for hydroxylation is 1. The second-order valence-electron chi connectivity index (χ2n) is 7.15. The third-order valence-corrected chi connectivity index (χ3v) is 5.22. The number of nitrogens with one attached hydrogen (secondary N) is 2. The van der Waals surface area contributed by atoms with E-state index in [1.807, 2.05) is 13.0 Å². The van der Waals surface area contributed by atoms with Crippen LogP contribution in [0, 0.1) is 0 Å². The summed E-state index contributed by atoms with van der Waals surface area (Å²) in [6.07, 6.45) is 4.22. The van der Waals surface area contributed by atoms with Crippen LogP contribution in [0.1, 0.15) is 44.7 Å². The molecule has 1 heterocycles. The van der Waals surface area contributed by atoms with Crippen LogP contribution in [0.5, 0.6) is 0 Å². The van der Waals surface area contributed by atoms with E-state index in [0.717, 1.165) is 19.3 Å². The predicted molar refractivity (Wildman–Crippen MR) is 103 cm³/mol. The van der Waals surface area contributed by atoms with Gasteiger partial charge in [0.2, 0.25) is 11.8 Å². The van der Waals surface area contributed by atoms with E-state index >= 15 is 0 Å². The average molecular weight is 370 g/mol. The van der Waals surface area contributed by atoms with Crippen molar-refractivity contribution >= 4 is 22.6 Å². The van der Waals surface area contributed by atoms with Crippen molar-refractivity contribution in [3.8, 4) is 0 Å². The fourth-order valence-corrected chi connectivity index (χ4v) is 3.86. The highest BCUT2D eigenvalue weighted by Crippen LogP contribution is 2.28. The summed E-state index contributed by atoms with van der Waals surface area (Å²) in [6, 6.07) is 7.15. The number of rotatable bonds is 5. The van der Waals surface area contributed by atoms with Crippen LogP contribution in [0.3, 0.4) is 0 Å². The molecule has 3 rings (SSSR count). The van der Waals surface area contributed by atoms with Crippen molar-refractivity contribution in [3.05, 3.63) is 40.3 Å². The smallest absolute Gasteiger partial charge is 0.274 e. The Morgan fingerprint density at radius 1 is 1.15 bits per heavy atom. The molecule has 2 N–H and O–H groups in total. The van der Waals surface area contributed by atoms with Crippen molar-refractivity contribution in [1.82, 2.24) is 20.4 Å². The highest BCUT2D eigenvalue weighted by Gasteiger charge is 2.40. The molecule has 1 saturated carbocycles. The molecule has 1 fully saturated rings. The lowest BCUT2D eigenvalue weighted by atomic mass is 9.80. The predicted octanol–water partition coefficient (Wildman–Crippen LogP) is 1.43. The van der Waals surface area contributed by atoms with Crippen LogP contribution in [0.2, 0.25) is 0 Å². The molecule has 1 aromatic carbocycles. The molecule has 7 nitrogen and oxygen atoms in total. The first-order valence-electron chi connectivity index (χ1n) is 9.51. The van der Waals surface area contributed by atoms with Crippen LogP contribution in [0.4, 0.5) is 0 Å². The first-order chi connectivity index (χ1) is 13.0. The van der Waals surface area contributed by atoms with Crippen LogP contribution < -0.4 is 16.2 Å². The fourth-order valence-electron chi connectivity index (χ4n) is 3.86. The van der Waals surface area contributed by atoms with E-state index in [-0.39, 0.29) is 23.8 Å². The summed E-state index contributed by atoms with van der Waals surface area (Å²) in [6.45, 7) is 2.40. The Balaban J connectivity index is 1.87. The van der Waals surface area contributed by atoms with Gasteiger partial charge in [-0.15, -0.1) is 0 Å². The molecule has 2 aromatic rings. The zero-order chi connectivity index (χ0) is 19.4. The number of aromatic nitrogens is 2. The van der Waals surface area contributed by atoms with Gasteiger partial charge in [0.05, 0.1) is 17.5 Å². The third-order valence-electron chi connectivity index (χ3n) is 5.22. The normalized spacial score (nSPS) is 16.1. The molecule has 0 atom stereocenters. The van der Waals surface area contributed by atoms with Gasteiger partial charge in [-0.3, -0.25) is 14.4 Å². The van der Waals surface area contributed by atoms with Crippen LogP contribution in [-0.4, -0.2) is 33.7 Å². The number of likely N-dealkylation sites (N-methyl/N-ethyl adjacent to an activating group) is 1. The Bertz CT molecular complexity index is 913. The van der Waals surface area contributed by atoms with E-state index in [0.29, 0.717) is 35.9 Å². The minimum Gasteiger partial charge on any atom is -0.354 e. The first kappa shape index (κ1) is 19.1. The highest BCUT2D eigenvalue weighted by molar-refractivity contribution is 5.93. The van der Waals surface area contributed by atoms with Crippen LogP contribution >= 0.6 is 0 Å². The van der Waals surface area contributed by atoms with Crippen LogP contribution in [0.25, 0.3) is 10.8 Å². The van der Waals surface area contributed by atoms with E-state index < -0.39 is 5.54 Å². The summed E-state index contributed by atoms with van der Waals surface area (Å²) in [7, 11) is 1.58. The maximum atomic E-state index is 12.8. The fraction of sp³-hybridized carbons (Fsp3) is 0.500. The van der Waals surface area contributed by atoms with Crippen molar-refractivity contribution in [2.45, 2.75) is 51.0 Å². The molecule has 0 bridgehead atoms. The van der Waals surface area contributed by atoms with E-state index in [9.17, 15) is 14.4 Å². The summed E-state index contributed by atoms with van der Waals surface area (Å²) in [5, 5.41) is 11.3. The van der Waals surface area contributed by atoms with Crippen molar-refractivity contribution in [1.29, 1.82) is 0 Å². The lowest BCUT2D eigenvalue weighted by Gasteiger charge is -2.36. The molecule has 144 valence electrons. The second-order valence-corrected chi connectivity index (χ2v) is 7.15. The van der Waals surface area contributed by atoms with Gasteiger partial charge in [0.15, 0.2) is 0 Å². The number of fused-ring (bicyclic) bond motifs is 1. The van der Waals surface area contributed by atoms with Gasteiger partial charge >= 0.3 is 0 Å². The number of hydrogen-bond acceptors (Lipinski definition) is 4. The maximum Gasteiger partial charge on any atom is 0.274 e. The van der Waals surface area contributed by atoms with Crippen molar-refractivity contribution in [2.24, 2.45) is 7.05 Å². The second kappa shape index (κ2) is 7.90. The zero-order valence-electron chi connectivity index (χ0n) is 15.9. The minimum atomic E-state index is -0.845. The van der Waals surface area contributed by atoms with Crippen molar-refractivity contribution in [2.75, 3.05) is 6.54 Å². The molecule has 1 aliphatic carbocycles. The summed E-state index contributed by atoms with van der Waals surface area (Å²) < 4.78 is 1.26. The Morgan fingerprint density at radius 2 is 1.81 bits per heavy atom. The molecule has 0 unspecified atom stereocenters. The zero-order valence-corrected chi connectivity index (χ0v) is 15.9. The molecule has 1 aliphatic rings. The largest absolute Gasteiger partial charge is 0.354 e. The van der Waals surface area contributed by atoms with E-state index in [2.05, 4.69) is 15.7 Å². The van der Waals surface area contributed by atoms with Crippen LogP contribution in [0.15, 0.2) is 29.1 Å². The van der Waals surface area contributed by atoms with Crippen molar-refractivity contribution in [3.63, 3.8) is 0 Å². The average Bonchev–Trinajstić information content (AvgIpc) is 2.67. The molecule has 0 radical (unpaired) electrons. The molecule has 0 spiro atoms. The topological polar surface area (TPSA) is 93.1 Å². The number of amides is 2. The number of carbonyl (C=O) groups is 2. The monoisotopic (exact) mass is 370 g/mol. The van der Waals surface area contributed by atoms with Gasteiger partial charge in [0.25, 0.3) is 5.56 Å². The Kier molecular flexibility index (Phi) is 5.58. The Morgan fingerprint density at radius 3 is 2.48 bits per heavy atom. The Labute approximate surface area is 158 Å². The molecular formula is C20H26N4O3. The quantitative estimate of drug-likeness (QED) is 0.833. The molecule has 0 saturated heterocycles. The van der Waals surface area contributed by atoms with Gasteiger partial charge in [0.1, 0.15) is 5.54 Å². The SMILES string of the molecule is CCNC(=O)C1(NC(=O)Cc2nn(C)c(=O)c3ccccc23)CCCCC1. The van der Waals surface area contributed by atoms with Gasteiger partial charge in [-0.1, -0.05) is 37.5 Å². The molecule has 2 amide bonds. The lowest BCUT2D eigenvalue weighted by molar-refractivity contribution is -0.134. The highest BCUT2D eigenvalue weighted by atomic mass is 16.2. The van der Waals surface area contributed by atoms with E-state index in [1.54, 1.807) is 25.2 Å².